The van der Waals surface area contributed by atoms with E-state index in [1.807, 2.05) is 9.80 Å². The van der Waals surface area contributed by atoms with E-state index < -0.39 is 0 Å². The third-order valence-electron chi connectivity index (χ3n) is 6.62. The highest BCUT2D eigenvalue weighted by molar-refractivity contribution is 5.84. The van der Waals surface area contributed by atoms with Crippen molar-refractivity contribution in [3.05, 3.63) is 0 Å². The molecule has 24 heavy (non-hydrogen) atoms. The van der Waals surface area contributed by atoms with Gasteiger partial charge in [-0.2, -0.15) is 0 Å². The molecule has 0 aromatic rings. The number of piperazine rings is 1. The Morgan fingerprint density at radius 3 is 2.25 bits per heavy atom. The lowest BCUT2D eigenvalue weighted by molar-refractivity contribution is -0.129. The van der Waals surface area contributed by atoms with Crippen molar-refractivity contribution in [3.8, 4) is 0 Å². The third-order valence-corrected chi connectivity index (χ3v) is 6.62. The Balaban J connectivity index is 1.19. The fraction of sp³-hybridized carbons (Fsp3) is 0.889. The van der Waals surface area contributed by atoms with E-state index >= 15 is 0 Å². The van der Waals surface area contributed by atoms with Crippen molar-refractivity contribution in [1.82, 2.24) is 20.0 Å². The molecule has 2 saturated heterocycles. The minimum absolute atomic E-state index is 0.0569. The predicted molar refractivity (Wildman–Crippen MR) is 91.6 cm³/mol. The number of nitrogens with one attached hydrogen (secondary N) is 1. The summed E-state index contributed by atoms with van der Waals surface area (Å²) in [4.78, 5) is 30.7. The zero-order chi connectivity index (χ0) is 16.5. The molecular weight excluding hydrogens is 304 g/mol. The van der Waals surface area contributed by atoms with E-state index in [0.717, 1.165) is 70.0 Å². The van der Waals surface area contributed by atoms with Crippen LogP contribution in [0.2, 0.25) is 0 Å². The first-order valence-electron chi connectivity index (χ1n) is 9.75. The van der Waals surface area contributed by atoms with Gasteiger partial charge in [-0.25, -0.2) is 4.79 Å². The van der Waals surface area contributed by atoms with Crippen molar-refractivity contribution in [2.24, 2.45) is 11.8 Å². The van der Waals surface area contributed by atoms with Crippen LogP contribution in [0.4, 0.5) is 4.79 Å². The molecule has 134 valence electrons. The molecule has 2 aliphatic carbocycles. The first-order valence-corrected chi connectivity index (χ1v) is 9.75. The first kappa shape index (κ1) is 16.2. The molecule has 4 rings (SSSR count). The number of amides is 3. The second-order valence-electron chi connectivity index (χ2n) is 8.01. The maximum absolute atomic E-state index is 12.3. The molecule has 0 spiro atoms. The summed E-state index contributed by atoms with van der Waals surface area (Å²) in [6.45, 7) is 5.39. The smallest absolute Gasteiger partial charge is 0.317 e. The molecule has 4 aliphatic rings. The van der Waals surface area contributed by atoms with E-state index in [4.69, 9.17) is 0 Å². The van der Waals surface area contributed by atoms with Crippen LogP contribution < -0.4 is 5.32 Å². The SMILES string of the molecule is O=C(CNC(=O)N1CCN([C@H]2C[C@H]3CC[C@H]2C3)CC1)N1CCCC1. The Labute approximate surface area is 144 Å². The second-order valence-corrected chi connectivity index (χ2v) is 8.01. The summed E-state index contributed by atoms with van der Waals surface area (Å²) in [5, 5.41) is 2.82. The average molecular weight is 334 g/mol. The third kappa shape index (κ3) is 3.25. The molecule has 6 nitrogen and oxygen atoms in total. The van der Waals surface area contributed by atoms with Gasteiger partial charge in [0.2, 0.25) is 5.91 Å². The normalized spacial score (nSPS) is 33.2. The Morgan fingerprint density at radius 1 is 0.875 bits per heavy atom. The summed E-state index contributed by atoms with van der Waals surface area (Å²) in [5.41, 5.74) is 0. The van der Waals surface area contributed by atoms with Crippen molar-refractivity contribution < 1.29 is 9.59 Å². The van der Waals surface area contributed by atoms with Gasteiger partial charge >= 0.3 is 6.03 Å². The van der Waals surface area contributed by atoms with Crippen LogP contribution in [0.5, 0.6) is 0 Å². The van der Waals surface area contributed by atoms with E-state index in [9.17, 15) is 9.59 Å². The largest absolute Gasteiger partial charge is 0.341 e. The van der Waals surface area contributed by atoms with Crippen LogP contribution in [0.1, 0.15) is 38.5 Å². The number of rotatable bonds is 3. The number of fused-ring (bicyclic) bond motifs is 2. The molecule has 1 N–H and O–H groups in total. The summed E-state index contributed by atoms with van der Waals surface area (Å²) < 4.78 is 0. The van der Waals surface area contributed by atoms with Crippen LogP contribution in [0.15, 0.2) is 0 Å². The van der Waals surface area contributed by atoms with E-state index in [1.54, 1.807) is 0 Å². The van der Waals surface area contributed by atoms with Gasteiger partial charge in [0, 0.05) is 45.3 Å². The van der Waals surface area contributed by atoms with Crippen LogP contribution in [-0.2, 0) is 4.79 Å². The van der Waals surface area contributed by atoms with Crippen molar-refractivity contribution >= 4 is 11.9 Å². The van der Waals surface area contributed by atoms with Crippen molar-refractivity contribution in [2.75, 3.05) is 45.8 Å². The van der Waals surface area contributed by atoms with E-state index in [-0.39, 0.29) is 18.5 Å². The lowest BCUT2D eigenvalue weighted by Crippen LogP contribution is -2.55. The van der Waals surface area contributed by atoms with Crippen LogP contribution >= 0.6 is 0 Å². The number of carbonyl (C=O) groups excluding carboxylic acids is 2. The monoisotopic (exact) mass is 334 g/mol. The number of hydrogen-bond acceptors (Lipinski definition) is 3. The topological polar surface area (TPSA) is 55.9 Å². The van der Waals surface area contributed by atoms with Crippen molar-refractivity contribution in [3.63, 3.8) is 0 Å². The predicted octanol–water partition coefficient (Wildman–Crippen LogP) is 1.12. The van der Waals surface area contributed by atoms with Crippen molar-refractivity contribution in [2.45, 2.75) is 44.6 Å². The summed E-state index contributed by atoms with van der Waals surface area (Å²) in [7, 11) is 0. The van der Waals surface area contributed by atoms with Gasteiger partial charge in [-0.05, 0) is 43.9 Å². The van der Waals surface area contributed by atoms with Crippen LogP contribution in [0.25, 0.3) is 0 Å². The fourth-order valence-electron chi connectivity index (χ4n) is 5.26. The zero-order valence-corrected chi connectivity index (χ0v) is 14.6. The Hall–Kier alpha value is -1.30. The molecule has 4 fully saturated rings. The molecule has 2 aliphatic heterocycles. The Kier molecular flexibility index (Phi) is 4.66. The maximum Gasteiger partial charge on any atom is 0.317 e. The molecule has 6 heteroatoms. The van der Waals surface area contributed by atoms with Gasteiger partial charge < -0.3 is 15.1 Å². The summed E-state index contributed by atoms with van der Waals surface area (Å²) in [6.07, 6.45) is 7.84. The molecule has 2 heterocycles. The van der Waals surface area contributed by atoms with Gasteiger partial charge in [0.05, 0.1) is 6.54 Å². The molecule has 0 aromatic heterocycles. The van der Waals surface area contributed by atoms with Gasteiger partial charge in [0.1, 0.15) is 0 Å². The van der Waals surface area contributed by atoms with Gasteiger partial charge in [0.15, 0.2) is 0 Å². The van der Waals surface area contributed by atoms with E-state index in [0.29, 0.717) is 0 Å². The number of likely N-dealkylation sites (tertiary alicyclic amines) is 1. The number of urea groups is 1. The quantitative estimate of drug-likeness (QED) is 0.842. The minimum Gasteiger partial charge on any atom is -0.341 e. The molecule has 3 atom stereocenters. The first-order chi connectivity index (χ1) is 11.7. The molecule has 0 radical (unpaired) electrons. The highest BCUT2D eigenvalue weighted by Gasteiger charge is 2.42. The summed E-state index contributed by atoms with van der Waals surface area (Å²) in [6, 6.07) is 0.695. The minimum atomic E-state index is -0.0739. The van der Waals surface area contributed by atoms with Gasteiger partial charge in [-0.3, -0.25) is 9.69 Å². The molecule has 0 aromatic carbocycles. The van der Waals surface area contributed by atoms with Crippen LogP contribution in [0, 0.1) is 11.8 Å². The highest BCUT2D eigenvalue weighted by atomic mass is 16.2. The number of carbonyl (C=O) groups is 2. The number of nitrogens with zero attached hydrogens (tertiary/aromatic N) is 3. The lowest BCUT2D eigenvalue weighted by Gasteiger charge is -2.40. The summed E-state index contributed by atoms with van der Waals surface area (Å²) >= 11 is 0. The Morgan fingerprint density at radius 2 is 1.62 bits per heavy atom. The second kappa shape index (κ2) is 6.90. The van der Waals surface area contributed by atoms with Crippen LogP contribution in [0.3, 0.4) is 0 Å². The molecule has 0 unspecified atom stereocenters. The fourth-order valence-corrected chi connectivity index (χ4v) is 5.26. The molecule has 3 amide bonds. The van der Waals surface area contributed by atoms with Crippen molar-refractivity contribution in [1.29, 1.82) is 0 Å². The maximum atomic E-state index is 12.3. The van der Waals surface area contributed by atoms with Gasteiger partial charge in [-0.15, -0.1) is 0 Å². The molecular formula is C18H30N4O2. The number of hydrogen-bond donors (Lipinski definition) is 1. The van der Waals surface area contributed by atoms with Gasteiger partial charge in [-0.1, -0.05) is 6.42 Å². The lowest BCUT2D eigenvalue weighted by atomic mass is 9.93. The van der Waals surface area contributed by atoms with E-state index in [2.05, 4.69) is 10.2 Å². The standard InChI is InChI=1S/C18H30N4O2/c23-17(21-5-1-2-6-21)13-19-18(24)22-9-7-20(8-10-22)16-12-14-3-4-15(16)11-14/h14-16H,1-13H2,(H,19,24)/t14-,15-,16-/m0/s1. The summed E-state index contributed by atoms with van der Waals surface area (Å²) in [5.74, 6) is 1.94. The Bertz CT molecular complexity index is 483. The molecule has 2 saturated carbocycles. The zero-order valence-electron chi connectivity index (χ0n) is 14.6. The van der Waals surface area contributed by atoms with Crippen LogP contribution in [-0.4, -0.2) is 78.5 Å². The van der Waals surface area contributed by atoms with Gasteiger partial charge in [0.25, 0.3) is 0 Å². The van der Waals surface area contributed by atoms with E-state index in [1.165, 1.54) is 25.7 Å². The average Bonchev–Trinajstić information content (AvgIpc) is 3.37. The highest BCUT2D eigenvalue weighted by Crippen LogP contribution is 2.46. The molecule has 2 bridgehead atoms.